The lowest BCUT2D eigenvalue weighted by Crippen LogP contribution is -2.50. The lowest BCUT2D eigenvalue weighted by atomic mass is 9.79. The van der Waals surface area contributed by atoms with Crippen molar-refractivity contribution < 1.29 is 19.2 Å². The Hall–Kier alpha value is -6.62. The highest BCUT2D eigenvalue weighted by Gasteiger charge is 2.50. The second kappa shape index (κ2) is 22.1. The topological polar surface area (TPSA) is 123 Å². The molecule has 6 aliphatic rings. The number of hydrogen-bond donors (Lipinski definition) is 4. The lowest BCUT2D eigenvalue weighted by molar-refractivity contribution is -0.139. The smallest absolute Gasteiger partial charge is 0.251 e. The van der Waals surface area contributed by atoms with E-state index in [1.165, 1.54) is 22.3 Å². The van der Waals surface area contributed by atoms with Gasteiger partial charge in [-0.05, 0) is 121 Å². The summed E-state index contributed by atoms with van der Waals surface area (Å²) in [5, 5.41) is 15.4. The summed E-state index contributed by atoms with van der Waals surface area (Å²) in [6.07, 6.45) is 9.24. The molecule has 6 aromatic carbocycles. The number of para-hydroxylation sites is 2. The standard InChI is InChI=1S/2C31H32ClN3O2/c2*32-22-16-14-20(15-17-22)28-25-18-19-35(29(25)23-10-4-6-12-26(23)33-28)31(37)24-11-5-7-13-27(24)34-30(36)21-8-2-1-3-9-21/h2*1-4,6,8-10,12,14-17,24-25,27-29,33H,5,7,11,13,18-19H2,(H,34,36)/t24-,25+,27+,28-,29-;24-,25-,27+,28+,29+/m00/s1. The molecule has 6 aromatic rings. The molecule has 4 N–H and O–H groups in total. The number of rotatable bonds is 8. The summed E-state index contributed by atoms with van der Waals surface area (Å²) >= 11 is 12.4. The summed E-state index contributed by atoms with van der Waals surface area (Å²) in [6.45, 7) is 1.45. The van der Waals surface area contributed by atoms with Crippen LogP contribution in [0.2, 0.25) is 10.0 Å². The minimum absolute atomic E-state index is 0.0121. The van der Waals surface area contributed by atoms with E-state index in [0.717, 1.165) is 98.7 Å². The molecule has 2 saturated carbocycles. The van der Waals surface area contributed by atoms with E-state index in [9.17, 15) is 19.2 Å². The number of anilines is 2. The molecule has 0 spiro atoms. The molecule has 4 aliphatic heterocycles. The number of benzene rings is 6. The van der Waals surface area contributed by atoms with Crippen LogP contribution in [0.3, 0.4) is 0 Å². The van der Waals surface area contributed by atoms with E-state index in [4.69, 9.17) is 23.2 Å². The van der Waals surface area contributed by atoms with Crippen LogP contribution in [-0.4, -0.2) is 58.6 Å². The van der Waals surface area contributed by atoms with Crippen molar-refractivity contribution in [3.8, 4) is 0 Å². The molecule has 2 saturated heterocycles. The number of nitrogens with zero attached hydrogens (tertiary/aromatic N) is 2. The molecular weight excluding hydrogens is 964 g/mol. The van der Waals surface area contributed by atoms with Crippen LogP contribution in [0, 0.1) is 23.7 Å². The van der Waals surface area contributed by atoms with E-state index in [0.29, 0.717) is 11.1 Å². The first-order valence-electron chi connectivity index (χ1n) is 26.7. The molecule has 10 nitrogen and oxygen atoms in total. The number of fused-ring (bicyclic) bond motifs is 6. The third-order valence-electron chi connectivity index (χ3n) is 16.8. The summed E-state index contributed by atoms with van der Waals surface area (Å²) in [7, 11) is 0. The third kappa shape index (κ3) is 10.2. The van der Waals surface area contributed by atoms with Crippen LogP contribution in [0.5, 0.6) is 0 Å². The maximum Gasteiger partial charge on any atom is 0.251 e. The fraction of sp³-hybridized carbons (Fsp3) is 0.355. The van der Waals surface area contributed by atoms with E-state index in [1.54, 1.807) is 0 Å². The largest absolute Gasteiger partial charge is 0.378 e. The van der Waals surface area contributed by atoms with Gasteiger partial charge in [-0.15, -0.1) is 0 Å². The van der Waals surface area contributed by atoms with Gasteiger partial charge in [-0.25, -0.2) is 0 Å². The van der Waals surface area contributed by atoms with Gasteiger partial charge in [-0.2, -0.15) is 0 Å². The van der Waals surface area contributed by atoms with Crippen LogP contribution in [0.15, 0.2) is 158 Å². The van der Waals surface area contributed by atoms with E-state index in [1.807, 2.05) is 97.1 Å². The van der Waals surface area contributed by atoms with Crippen molar-refractivity contribution >= 4 is 58.2 Å². The SMILES string of the molecule is O=C(N[C@@H]1CCCC[C@@H]1C(=O)N1CC[C@@H]2[C@H](c3ccc(Cl)cc3)Nc3ccccc3[C@@H]21)c1ccccc1.O=C(N[C@@H]1CCCC[C@@H]1C(=O)N1CC[C@H]2[C@@H](c3ccc(Cl)cc3)Nc3ccccc3[C@H]21)c1ccccc1. The van der Waals surface area contributed by atoms with Crippen molar-refractivity contribution in [1.29, 1.82) is 0 Å². The fourth-order valence-electron chi connectivity index (χ4n) is 13.3. The Bertz CT molecular complexity index is 2760. The number of nitrogens with one attached hydrogen (secondary N) is 4. The van der Waals surface area contributed by atoms with Gasteiger partial charge in [0.15, 0.2) is 0 Å². The first-order chi connectivity index (χ1) is 36.2. The highest BCUT2D eigenvalue weighted by molar-refractivity contribution is 6.30. The number of carbonyl (C=O) groups excluding carboxylic acids is 4. The quantitative estimate of drug-likeness (QED) is 0.120. The molecule has 10 atom stereocenters. The molecule has 0 radical (unpaired) electrons. The van der Waals surface area contributed by atoms with Crippen molar-refractivity contribution in [2.45, 2.75) is 100 Å². The zero-order chi connectivity index (χ0) is 50.7. The summed E-state index contributed by atoms with van der Waals surface area (Å²) in [5.74, 6) is 0.294. The second-order valence-corrected chi connectivity index (χ2v) is 21.9. The average Bonchev–Trinajstić information content (AvgIpc) is 4.11. The van der Waals surface area contributed by atoms with Gasteiger partial charge in [0.25, 0.3) is 11.8 Å². The molecular formula is C62H64Cl2N6O4. The Kier molecular flexibility index (Phi) is 14.8. The molecule has 4 fully saturated rings. The fourth-order valence-corrected chi connectivity index (χ4v) is 13.5. The predicted octanol–water partition coefficient (Wildman–Crippen LogP) is 12.8. The monoisotopic (exact) mass is 1030 g/mol. The van der Waals surface area contributed by atoms with Crippen molar-refractivity contribution in [3.63, 3.8) is 0 Å². The van der Waals surface area contributed by atoms with Gasteiger partial charge in [-0.1, -0.05) is 146 Å². The van der Waals surface area contributed by atoms with Crippen molar-refractivity contribution in [2.75, 3.05) is 23.7 Å². The van der Waals surface area contributed by atoms with Gasteiger partial charge in [-0.3, -0.25) is 19.2 Å². The first-order valence-corrected chi connectivity index (χ1v) is 27.5. The van der Waals surface area contributed by atoms with Gasteiger partial charge in [0, 0.05) is 69.6 Å². The molecule has 0 aromatic heterocycles. The van der Waals surface area contributed by atoms with Gasteiger partial charge < -0.3 is 31.1 Å². The summed E-state index contributed by atoms with van der Waals surface area (Å²) in [4.78, 5) is 58.6. The van der Waals surface area contributed by atoms with Crippen molar-refractivity contribution in [3.05, 3.63) is 201 Å². The van der Waals surface area contributed by atoms with Crippen LogP contribution in [-0.2, 0) is 9.59 Å². The minimum Gasteiger partial charge on any atom is -0.378 e. The van der Waals surface area contributed by atoms with Crippen LogP contribution < -0.4 is 21.3 Å². The maximum atomic E-state index is 14.2. The van der Waals surface area contributed by atoms with Crippen LogP contribution in [0.4, 0.5) is 11.4 Å². The van der Waals surface area contributed by atoms with E-state index in [-0.39, 0.29) is 83.6 Å². The number of halogens is 2. The second-order valence-electron chi connectivity index (χ2n) is 21.1. The number of amides is 4. The van der Waals surface area contributed by atoms with Crippen LogP contribution in [0.25, 0.3) is 0 Å². The number of likely N-dealkylation sites (tertiary alicyclic amines) is 2. The van der Waals surface area contributed by atoms with Gasteiger partial charge >= 0.3 is 0 Å². The Balaban J connectivity index is 0.000000159. The van der Waals surface area contributed by atoms with Gasteiger partial charge in [0.2, 0.25) is 11.8 Å². The minimum atomic E-state index is -0.198. The lowest BCUT2D eigenvalue weighted by Gasteiger charge is -2.42. The Morgan fingerprint density at radius 1 is 0.432 bits per heavy atom. The van der Waals surface area contributed by atoms with E-state index in [2.05, 4.69) is 91.7 Å². The highest BCUT2D eigenvalue weighted by atomic mass is 35.5. The summed E-state index contributed by atoms with van der Waals surface area (Å²) in [5.41, 5.74) is 8.19. The number of hydrogen-bond acceptors (Lipinski definition) is 6. The first kappa shape index (κ1) is 49.6. The zero-order valence-electron chi connectivity index (χ0n) is 41.6. The highest BCUT2D eigenvalue weighted by Crippen LogP contribution is 2.53. The summed E-state index contributed by atoms with van der Waals surface area (Å²) in [6, 6.07) is 51.4. The van der Waals surface area contributed by atoms with E-state index >= 15 is 0 Å². The molecule has 4 amide bonds. The van der Waals surface area contributed by atoms with Crippen LogP contribution in [0.1, 0.15) is 131 Å². The average molecular weight is 1030 g/mol. The van der Waals surface area contributed by atoms with E-state index < -0.39 is 0 Å². The molecule has 380 valence electrons. The molecule has 74 heavy (non-hydrogen) atoms. The molecule has 2 aliphatic carbocycles. The molecule has 12 rings (SSSR count). The number of carbonyl (C=O) groups is 4. The Morgan fingerprint density at radius 3 is 1.20 bits per heavy atom. The van der Waals surface area contributed by atoms with Gasteiger partial charge in [0.1, 0.15) is 0 Å². The predicted molar refractivity (Wildman–Crippen MR) is 293 cm³/mol. The normalized spacial score (nSPS) is 26.5. The van der Waals surface area contributed by atoms with Crippen molar-refractivity contribution in [1.82, 2.24) is 20.4 Å². The van der Waals surface area contributed by atoms with Crippen molar-refractivity contribution in [2.24, 2.45) is 23.7 Å². The molecule has 0 bridgehead atoms. The maximum absolute atomic E-state index is 14.2. The van der Waals surface area contributed by atoms with Crippen LogP contribution >= 0.6 is 23.2 Å². The Labute approximate surface area is 444 Å². The molecule has 12 heteroatoms. The van der Waals surface area contributed by atoms with Gasteiger partial charge in [0.05, 0.1) is 36.0 Å². The Morgan fingerprint density at radius 2 is 0.797 bits per heavy atom. The molecule has 0 unspecified atom stereocenters. The zero-order valence-corrected chi connectivity index (χ0v) is 43.1. The molecule has 4 heterocycles. The third-order valence-corrected chi connectivity index (χ3v) is 17.3. The summed E-state index contributed by atoms with van der Waals surface area (Å²) < 4.78 is 0.